The van der Waals surface area contributed by atoms with E-state index in [4.69, 9.17) is 0 Å². The fourth-order valence-corrected chi connectivity index (χ4v) is 3.11. The van der Waals surface area contributed by atoms with Crippen molar-refractivity contribution < 1.29 is 5.11 Å². The molecule has 120 valence electrons. The Balaban J connectivity index is 2.02. The average Bonchev–Trinajstić information content (AvgIpc) is 2.49. The maximum absolute atomic E-state index is 10.8. The van der Waals surface area contributed by atoms with E-state index in [-0.39, 0.29) is 5.41 Å². The van der Waals surface area contributed by atoms with Crippen LogP contribution in [0.1, 0.15) is 55.4 Å². The summed E-state index contributed by atoms with van der Waals surface area (Å²) >= 11 is 0. The number of aromatic hydroxyl groups is 1. The van der Waals surface area contributed by atoms with E-state index in [1.165, 1.54) is 24.8 Å². The Morgan fingerprint density at radius 1 is 1.13 bits per heavy atom. The van der Waals surface area contributed by atoms with Gasteiger partial charge in [-0.1, -0.05) is 50.2 Å². The smallest absolute Gasteiger partial charge is 0.128 e. The van der Waals surface area contributed by atoms with Crippen LogP contribution in [0, 0.1) is 6.92 Å². The van der Waals surface area contributed by atoms with Crippen LogP contribution in [0.2, 0.25) is 0 Å². The van der Waals surface area contributed by atoms with E-state index in [1.54, 1.807) is 0 Å². The van der Waals surface area contributed by atoms with Gasteiger partial charge in [-0.15, -0.1) is 0 Å². The summed E-state index contributed by atoms with van der Waals surface area (Å²) in [6, 6.07) is 14.9. The largest absolute Gasteiger partial charge is 0.507 e. The molecule has 0 amide bonds. The van der Waals surface area contributed by atoms with Crippen LogP contribution >= 0.6 is 0 Å². The summed E-state index contributed by atoms with van der Waals surface area (Å²) in [4.78, 5) is 4.61. The zero-order valence-electron chi connectivity index (χ0n) is 14.2. The fraction of sp³-hybridized carbons (Fsp3) is 0.381. The highest BCUT2D eigenvalue weighted by Crippen LogP contribution is 2.38. The minimum atomic E-state index is -0.254. The maximum atomic E-state index is 10.8. The van der Waals surface area contributed by atoms with Gasteiger partial charge in [0.1, 0.15) is 5.75 Å². The van der Waals surface area contributed by atoms with Crippen LogP contribution in [-0.4, -0.2) is 17.4 Å². The van der Waals surface area contributed by atoms with Gasteiger partial charge >= 0.3 is 0 Å². The van der Waals surface area contributed by atoms with Gasteiger partial charge in [-0.05, 0) is 43.4 Å². The molecule has 0 aliphatic heterocycles. The lowest BCUT2D eigenvalue weighted by molar-refractivity contribution is 0.421. The molecule has 0 bridgehead atoms. The van der Waals surface area contributed by atoms with Crippen molar-refractivity contribution in [3.8, 4) is 5.75 Å². The predicted octanol–water partition coefficient (Wildman–Crippen LogP) is 5.00. The van der Waals surface area contributed by atoms with Crippen LogP contribution in [0.4, 0.5) is 0 Å². The molecule has 0 spiro atoms. The molecule has 1 N–H and O–H groups in total. The third-order valence-corrected chi connectivity index (χ3v) is 4.95. The van der Waals surface area contributed by atoms with Crippen molar-refractivity contribution in [1.82, 2.24) is 0 Å². The zero-order chi connectivity index (χ0) is 16.4. The topological polar surface area (TPSA) is 32.6 Å². The van der Waals surface area contributed by atoms with Gasteiger partial charge in [0.25, 0.3) is 0 Å². The van der Waals surface area contributed by atoms with E-state index in [0.717, 1.165) is 16.7 Å². The van der Waals surface area contributed by atoms with Gasteiger partial charge in [0.15, 0.2) is 0 Å². The van der Waals surface area contributed by atoms with E-state index in [0.29, 0.717) is 11.8 Å². The molecule has 2 nitrogen and oxygen atoms in total. The van der Waals surface area contributed by atoms with E-state index in [2.05, 4.69) is 44.0 Å². The summed E-state index contributed by atoms with van der Waals surface area (Å²) in [6.45, 7) is 6.39. The number of aryl methyl sites for hydroxylation is 1. The number of rotatable bonds is 4. The Labute approximate surface area is 138 Å². The minimum absolute atomic E-state index is 0.254. The van der Waals surface area contributed by atoms with E-state index >= 15 is 0 Å². The molecule has 1 fully saturated rings. The van der Waals surface area contributed by atoms with Crippen LogP contribution in [0.5, 0.6) is 5.75 Å². The highest BCUT2D eigenvalue weighted by Gasteiger charge is 2.27. The van der Waals surface area contributed by atoms with Crippen molar-refractivity contribution in [3.63, 3.8) is 0 Å². The molecular formula is C21H25NO. The summed E-state index contributed by atoms with van der Waals surface area (Å²) in [5.41, 5.74) is 3.88. The number of aliphatic imine (C=N–C) groups is 1. The number of hydrogen-bond acceptors (Lipinski definition) is 2. The standard InChI is InChI=1S/C21H25NO/c1-15-12-16(14-22-18-10-7-11-18)20(23)19(13-15)21(2,3)17-8-5-4-6-9-17/h4-6,8-9,12-14,18,23H,7,10-11H2,1-3H3. The first-order valence-electron chi connectivity index (χ1n) is 8.41. The highest BCUT2D eigenvalue weighted by atomic mass is 16.3. The number of phenolic OH excluding ortho intramolecular Hbond substituents is 1. The van der Waals surface area contributed by atoms with Gasteiger partial charge in [-0.25, -0.2) is 0 Å². The van der Waals surface area contributed by atoms with Gasteiger partial charge in [-0.3, -0.25) is 4.99 Å². The molecule has 1 aliphatic rings. The molecule has 1 saturated carbocycles. The average molecular weight is 307 g/mol. The monoisotopic (exact) mass is 307 g/mol. The van der Waals surface area contributed by atoms with Crippen molar-refractivity contribution in [2.45, 2.75) is 51.5 Å². The van der Waals surface area contributed by atoms with Crippen molar-refractivity contribution in [3.05, 3.63) is 64.7 Å². The molecule has 2 aromatic rings. The van der Waals surface area contributed by atoms with Gasteiger partial charge in [-0.2, -0.15) is 0 Å². The van der Waals surface area contributed by atoms with E-state index in [9.17, 15) is 5.11 Å². The molecule has 0 saturated heterocycles. The van der Waals surface area contributed by atoms with Crippen molar-refractivity contribution in [2.75, 3.05) is 0 Å². The summed E-state index contributed by atoms with van der Waals surface area (Å²) in [5.74, 6) is 0.354. The van der Waals surface area contributed by atoms with Gasteiger partial charge < -0.3 is 5.11 Å². The van der Waals surface area contributed by atoms with Crippen LogP contribution in [0.15, 0.2) is 47.5 Å². The summed E-state index contributed by atoms with van der Waals surface area (Å²) in [6.07, 6.45) is 5.47. The van der Waals surface area contributed by atoms with Crippen molar-refractivity contribution in [2.24, 2.45) is 4.99 Å². The molecule has 3 rings (SSSR count). The number of nitrogens with zero attached hydrogens (tertiary/aromatic N) is 1. The quantitative estimate of drug-likeness (QED) is 0.792. The normalized spacial score (nSPS) is 15.8. The molecule has 0 radical (unpaired) electrons. The second kappa shape index (κ2) is 6.19. The number of benzene rings is 2. The molecular weight excluding hydrogens is 282 g/mol. The lowest BCUT2D eigenvalue weighted by Gasteiger charge is -2.28. The number of hydrogen-bond donors (Lipinski definition) is 1. The van der Waals surface area contributed by atoms with Gasteiger partial charge in [0.05, 0.1) is 0 Å². The summed E-state index contributed by atoms with van der Waals surface area (Å²) < 4.78 is 0. The third kappa shape index (κ3) is 3.17. The lowest BCUT2D eigenvalue weighted by atomic mass is 9.76. The van der Waals surface area contributed by atoms with Crippen LogP contribution in [-0.2, 0) is 5.41 Å². The fourth-order valence-electron chi connectivity index (χ4n) is 3.11. The molecule has 0 unspecified atom stereocenters. The van der Waals surface area contributed by atoms with Crippen LogP contribution in [0.3, 0.4) is 0 Å². The maximum Gasteiger partial charge on any atom is 0.128 e. The van der Waals surface area contributed by atoms with Gasteiger partial charge in [0, 0.05) is 28.8 Å². The van der Waals surface area contributed by atoms with Gasteiger partial charge in [0.2, 0.25) is 0 Å². The molecule has 2 heteroatoms. The lowest BCUT2D eigenvalue weighted by Crippen LogP contribution is -2.20. The highest BCUT2D eigenvalue weighted by molar-refractivity contribution is 5.85. The van der Waals surface area contributed by atoms with E-state index in [1.807, 2.05) is 30.5 Å². The molecule has 23 heavy (non-hydrogen) atoms. The molecule has 0 aromatic heterocycles. The Hall–Kier alpha value is -2.09. The Morgan fingerprint density at radius 3 is 2.43 bits per heavy atom. The Kier molecular flexibility index (Phi) is 4.25. The van der Waals surface area contributed by atoms with Crippen LogP contribution < -0.4 is 0 Å². The first kappa shape index (κ1) is 15.8. The molecule has 0 atom stereocenters. The number of phenols is 1. The SMILES string of the molecule is Cc1cc(C=NC2CCC2)c(O)c(C(C)(C)c2ccccc2)c1. The first-order chi connectivity index (χ1) is 11.0. The second-order valence-electron chi connectivity index (χ2n) is 7.10. The van der Waals surface area contributed by atoms with Crippen molar-refractivity contribution in [1.29, 1.82) is 0 Å². The Bertz CT molecular complexity index is 712. The predicted molar refractivity (Wildman–Crippen MR) is 96.6 cm³/mol. The first-order valence-corrected chi connectivity index (χ1v) is 8.41. The van der Waals surface area contributed by atoms with E-state index < -0.39 is 0 Å². The summed E-state index contributed by atoms with van der Waals surface area (Å²) in [7, 11) is 0. The zero-order valence-corrected chi connectivity index (χ0v) is 14.2. The molecule has 0 heterocycles. The third-order valence-electron chi connectivity index (χ3n) is 4.95. The minimum Gasteiger partial charge on any atom is -0.507 e. The molecule has 2 aromatic carbocycles. The molecule has 1 aliphatic carbocycles. The van der Waals surface area contributed by atoms with Crippen molar-refractivity contribution >= 4 is 6.21 Å². The summed E-state index contributed by atoms with van der Waals surface area (Å²) in [5, 5.41) is 10.8. The Morgan fingerprint density at radius 2 is 1.83 bits per heavy atom. The second-order valence-corrected chi connectivity index (χ2v) is 7.10. The van der Waals surface area contributed by atoms with Crippen LogP contribution in [0.25, 0.3) is 0 Å².